The Morgan fingerprint density at radius 2 is 1.82 bits per heavy atom. The molecule has 10 heteroatoms. The molecule has 0 radical (unpaired) electrons. The number of likely N-dealkylation sites (tertiary alicyclic amines) is 1. The maximum Gasteiger partial charge on any atom is 0.410 e. The molecule has 2 N–H and O–H groups in total. The van der Waals surface area contributed by atoms with E-state index in [0.29, 0.717) is 36.3 Å². The lowest BCUT2D eigenvalue weighted by molar-refractivity contribution is -0.0476. The van der Waals surface area contributed by atoms with Gasteiger partial charge < -0.3 is 24.6 Å². The molecule has 3 fully saturated rings. The number of benzene rings is 1. The molecule has 2 aliphatic carbocycles. The van der Waals surface area contributed by atoms with Crippen LogP contribution in [0.5, 0.6) is 0 Å². The van der Waals surface area contributed by atoms with Crippen molar-refractivity contribution in [1.29, 1.82) is 0 Å². The van der Waals surface area contributed by atoms with E-state index in [0.717, 1.165) is 44.2 Å². The van der Waals surface area contributed by atoms with Crippen molar-refractivity contribution < 1.29 is 23.8 Å². The van der Waals surface area contributed by atoms with Gasteiger partial charge in [0.2, 0.25) is 0 Å². The number of piperidine rings is 1. The zero-order valence-corrected chi connectivity index (χ0v) is 23.8. The highest BCUT2D eigenvalue weighted by atomic mass is 35.5. The summed E-state index contributed by atoms with van der Waals surface area (Å²) in [5, 5.41) is 14.5. The fraction of sp³-hybridized carbons (Fsp3) is 0.621. The third-order valence-corrected chi connectivity index (χ3v) is 9.01. The first-order chi connectivity index (χ1) is 18.3. The molecular weight excluding hydrogens is 523 g/mol. The summed E-state index contributed by atoms with van der Waals surface area (Å²) in [6.07, 6.45) is 6.17. The van der Waals surface area contributed by atoms with Crippen molar-refractivity contribution in [1.82, 2.24) is 14.5 Å². The van der Waals surface area contributed by atoms with Gasteiger partial charge in [-0.25, -0.2) is 14.2 Å². The van der Waals surface area contributed by atoms with Crippen molar-refractivity contribution in [3.05, 3.63) is 46.8 Å². The number of carbonyl (C=O) groups is 2. The smallest absolute Gasteiger partial charge is 0.410 e. The average Bonchev–Trinajstić information content (AvgIpc) is 3.51. The molecule has 5 rings (SSSR count). The van der Waals surface area contributed by atoms with Crippen LogP contribution in [0.15, 0.2) is 24.5 Å². The van der Waals surface area contributed by atoms with E-state index in [4.69, 9.17) is 16.3 Å². The molecule has 2 unspecified atom stereocenters. The third kappa shape index (κ3) is 5.80. The van der Waals surface area contributed by atoms with Crippen LogP contribution >= 0.6 is 11.6 Å². The van der Waals surface area contributed by atoms with E-state index in [1.165, 1.54) is 18.2 Å². The number of aryl methyl sites for hydroxylation is 1. The Labute approximate surface area is 233 Å². The molecule has 3 aliphatic rings. The van der Waals surface area contributed by atoms with E-state index in [9.17, 15) is 19.1 Å². The molecule has 1 aliphatic heterocycles. The second kappa shape index (κ2) is 10.4. The van der Waals surface area contributed by atoms with Gasteiger partial charge >= 0.3 is 6.09 Å². The zero-order valence-electron chi connectivity index (χ0n) is 23.0. The molecule has 2 heterocycles. The Morgan fingerprint density at radius 3 is 2.41 bits per heavy atom. The van der Waals surface area contributed by atoms with Crippen molar-refractivity contribution in [2.45, 2.75) is 76.4 Å². The summed E-state index contributed by atoms with van der Waals surface area (Å²) in [5.41, 5.74) is 0.447. The Morgan fingerprint density at radius 1 is 1.18 bits per heavy atom. The number of hydrogen-bond donors (Lipinski definition) is 2. The second-order valence-electron chi connectivity index (χ2n) is 12.6. The van der Waals surface area contributed by atoms with E-state index in [2.05, 4.69) is 10.3 Å². The molecular formula is C29H38ClFN4O4. The number of rotatable bonds is 4. The lowest BCUT2D eigenvalue weighted by Crippen LogP contribution is -2.47. The number of anilines is 1. The first-order valence-electron chi connectivity index (χ1n) is 13.8. The van der Waals surface area contributed by atoms with Gasteiger partial charge in [0.1, 0.15) is 17.1 Å². The number of imidazole rings is 1. The Balaban J connectivity index is 1.20. The van der Waals surface area contributed by atoms with E-state index < -0.39 is 17.0 Å². The van der Waals surface area contributed by atoms with Crippen LogP contribution in [0, 0.1) is 23.6 Å². The molecule has 39 heavy (non-hydrogen) atoms. The normalized spacial score (nSPS) is 27.5. The highest BCUT2D eigenvalue weighted by Gasteiger charge is 2.53. The van der Waals surface area contributed by atoms with E-state index >= 15 is 0 Å². The van der Waals surface area contributed by atoms with Gasteiger partial charge in [0.15, 0.2) is 0 Å². The lowest BCUT2D eigenvalue weighted by atomic mass is 9.77. The van der Waals surface area contributed by atoms with Crippen LogP contribution in [0.3, 0.4) is 0 Å². The molecule has 1 aromatic carbocycles. The van der Waals surface area contributed by atoms with E-state index in [-0.39, 0.29) is 28.9 Å². The Bertz CT molecular complexity index is 1240. The predicted octanol–water partition coefficient (Wildman–Crippen LogP) is 5.75. The molecule has 212 valence electrons. The fourth-order valence-electron chi connectivity index (χ4n) is 6.97. The van der Waals surface area contributed by atoms with Crippen LogP contribution in [0.25, 0.3) is 0 Å². The first-order valence-corrected chi connectivity index (χ1v) is 14.2. The van der Waals surface area contributed by atoms with Crippen LogP contribution < -0.4 is 5.32 Å². The fourth-order valence-corrected chi connectivity index (χ4v) is 7.15. The minimum atomic E-state index is -0.716. The SMILES string of the molecule is Cn1cnc(C2CC3CC(O)(C4CCN(C(=O)OC(C)(C)C)CC4)CC3C2)c1C(=O)Nc1ccc(F)c(Cl)c1. The molecule has 8 nitrogen and oxygen atoms in total. The number of nitrogens with one attached hydrogen (secondary N) is 1. The number of halogens is 2. The van der Waals surface area contributed by atoms with Crippen LogP contribution in [0.4, 0.5) is 14.9 Å². The van der Waals surface area contributed by atoms with Gasteiger partial charge in [0, 0.05) is 31.7 Å². The first kappa shape index (κ1) is 27.9. The number of fused-ring (bicyclic) bond motifs is 1. The summed E-state index contributed by atoms with van der Waals surface area (Å²) in [7, 11) is 1.79. The van der Waals surface area contributed by atoms with Crippen molar-refractivity contribution >= 4 is 29.3 Å². The lowest BCUT2D eigenvalue weighted by Gasteiger charge is -2.40. The van der Waals surface area contributed by atoms with E-state index in [1.807, 2.05) is 20.8 Å². The van der Waals surface area contributed by atoms with Gasteiger partial charge in [-0.3, -0.25) is 4.79 Å². The summed E-state index contributed by atoms with van der Waals surface area (Å²) in [5.74, 6) is 0.201. The van der Waals surface area contributed by atoms with Crippen LogP contribution in [-0.2, 0) is 11.8 Å². The minimum Gasteiger partial charge on any atom is -0.444 e. The summed E-state index contributed by atoms with van der Waals surface area (Å²) in [6, 6.07) is 4.10. The summed E-state index contributed by atoms with van der Waals surface area (Å²) in [6.45, 7) is 6.81. The van der Waals surface area contributed by atoms with E-state index in [1.54, 1.807) is 22.8 Å². The molecule has 2 saturated carbocycles. The highest BCUT2D eigenvalue weighted by molar-refractivity contribution is 6.31. The molecule has 1 aromatic heterocycles. The number of ether oxygens (including phenoxy) is 1. The largest absolute Gasteiger partial charge is 0.444 e. The summed E-state index contributed by atoms with van der Waals surface area (Å²) in [4.78, 5) is 32.0. The molecule has 2 atom stereocenters. The Hall–Kier alpha value is -2.65. The van der Waals surface area contributed by atoms with Crippen LogP contribution in [0.1, 0.15) is 81.4 Å². The number of aromatic nitrogens is 2. The number of aliphatic hydroxyl groups is 1. The number of hydrogen-bond acceptors (Lipinski definition) is 5. The quantitative estimate of drug-likeness (QED) is 0.496. The third-order valence-electron chi connectivity index (χ3n) is 8.72. The maximum absolute atomic E-state index is 13.5. The molecule has 1 saturated heterocycles. The van der Waals surface area contributed by atoms with Gasteiger partial charge in [-0.1, -0.05) is 11.6 Å². The monoisotopic (exact) mass is 560 g/mol. The standard InChI is InChI=1S/C29H38ClFN4O4/c1-28(2,3)39-27(37)35-9-7-20(8-10-35)29(38)14-18-11-17(12-19(18)15-29)24-25(34(4)16-32-24)26(36)33-21-5-6-23(31)22(30)13-21/h5-6,13,16-20,38H,7-12,14-15H2,1-4H3,(H,33,36). The maximum atomic E-state index is 13.5. The van der Waals surface area contributed by atoms with Crippen molar-refractivity contribution in [2.24, 2.45) is 24.8 Å². The number of amides is 2. The molecule has 0 bridgehead atoms. The van der Waals surface area contributed by atoms with Crippen molar-refractivity contribution in [3.63, 3.8) is 0 Å². The van der Waals surface area contributed by atoms with Crippen molar-refractivity contribution in [2.75, 3.05) is 18.4 Å². The Kier molecular flexibility index (Phi) is 7.44. The number of nitrogens with zero attached hydrogens (tertiary/aromatic N) is 3. The van der Waals surface area contributed by atoms with Gasteiger partial charge in [0.25, 0.3) is 5.91 Å². The molecule has 2 aromatic rings. The average molecular weight is 561 g/mol. The topological polar surface area (TPSA) is 96.7 Å². The number of carbonyl (C=O) groups excluding carboxylic acids is 2. The molecule has 0 spiro atoms. The summed E-state index contributed by atoms with van der Waals surface area (Å²) >= 11 is 5.88. The highest BCUT2D eigenvalue weighted by Crippen LogP contribution is 2.56. The van der Waals surface area contributed by atoms with Crippen molar-refractivity contribution in [3.8, 4) is 0 Å². The second-order valence-corrected chi connectivity index (χ2v) is 13.0. The zero-order chi connectivity index (χ0) is 28.1. The summed E-state index contributed by atoms with van der Waals surface area (Å²) < 4.78 is 20.8. The van der Waals surface area contributed by atoms with Gasteiger partial charge in [-0.15, -0.1) is 0 Å². The predicted molar refractivity (Wildman–Crippen MR) is 146 cm³/mol. The van der Waals surface area contributed by atoms with Gasteiger partial charge in [0.05, 0.1) is 22.6 Å². The van der Waals surface area contributed by atoms with Gasteiger partial charge in [-0.2, -0.15) is 0 Å². The molecule has 2 amide bonds. The van der Waals surface area contributed by atoms with Crippen LogP contribution in [0.2, 0.25) is 5.02 Å². The van der Waals surface area contributed by atoms with Gasteiger partial charge in [-0.05, 0) is 95.2 Å². The minimum absolute atomic E-state index is 0.0513. The van der Waals surface area contributed by atoms with Crippen LogP contribution in [-0.4, -0.2) is 55.8 Å².